The highest BCUT2D eigenvalue weighted by Gasteiger charge is 2.29. The molecule has 35 heavy (non-hydrogen) atoms. The van der Waals surface area contributed by atoms with Crippen molar-refractivity contribution >= 4 is 23.9 Å². The summed E-state index contributed by atoms with van der Waals surface area (Å²) in [7, 11) is 0. The number of nitrogens with one attached hydrogen (secondary N) is 3. The van der Waals surface area contributed by atoms with Gasteiger partial charge in [0.25, 0.3) is 0 Å². The number of carboxylic acid groups (broad SMARTS) is 1. The van der Waals surface area contributed by atoms with E-state index in [-0.39, 0.29) is 25.0 Å². The maximum Gasteiger partial charge on any atom is 0.407 e. The molecule has 0 saturated carbocycles. The summed E-state index contributed by atoms with van der Waals surface area (Å²) in [5.41, 5.74) is 4.39. The van der Waals surface area contributed by atoms with Crippen LogP contribution in [-0.2, 0) is 19.1 Å². The number of fused-ring (bicyclic) bond motifs is 3. The number of alkyl carbamates (subject to hydrolysis) is 1. The van der Waals surface area contributed by atoms with E-state index in [1.54, 1.807) is 0 Å². The van der Waals surface area contributed by atoms with Gasteiger partial charge in [0.1, 0.15) is 19.2 Å². The van der Waals surface area contributed by atoms with Crippen molar-refractivity contribution in [3.8, 4) is 11.1 Å². The molecule has 3 rings (SSSR count). The predicted octanol–water partition coefficient (Wildman–Crippen LogP) is 2.65. The van der Waals surface area contributed by atoms with E-state index in [0.29, 0.717) is 6.42 Å². The fourth-order valence-electron chi connectivity index (χ4n) is 4.08. The molecule has 1 aliphatic rings. The van der Waals surface area contributed by atoms with E-state index in [0.717, 1.165) is 28.7 Å². The fourth-order valence-corrected chi connectivity index (χ4v) is 4.08. The Labute approximate surface area is 204 Å². The zero-order valence-corrected chi connectivity index (χ0v) is 19.9. The maximum atomic E-state index is 12.2. The molecule has 186 valence electrons. The molecule has 4 N–H and O–H groups in total. The second-order valence-corrected chi connectivity index (χ2v) is 8.66. The summed E-state index contributed by atoms with van der Waals surface area (Å²) in [5.74, 6) is -2.30. The monoisotopic (exact) mass is 481 g/mol. The highest BCUT2D eigenvalue weighted by molar-refractivity contribution is 5.89. The first kappa shape index (κ1) is 25.7. The molecule has 1 aliphatic carbocycles. The Morgan fingerprint density at radius 2 is 1.49 bits per heavy atom. The number of hydrogen-bond donors (Lipinski definition) is 4. The van der Waals surface area contributed by atoms with Crippen molar-refractivity contribution in [1.29, 1.82) is 0 Å². The zero-order chi connectivity index (χ0) is 25.4. The zero-order valence-electron chi connectivity index (χ0n) is 19.9. The number of carboxylic acids is 1. The summed E-state index contributed by atoms with van der Waals surface area (Å²) in [6, 6.07) is 14.9. The van der Waals surface area contributed by atoms with E-state index in [4.69, 9.17) is 4.74 Å². The van der Waals surface area contributed by atoms with Crippen LogP contribution in [0.25, 0.3) is 11.1 Å². The molecule has 9 nitrogen and oxygen atoms in total. The van der Waals surface area contributed by atoms with Crippen molar-refractivity contribution in [2.45, 2.75) is 38.6 Å². The summed E-state index contributed by atoms with van der Waals surface area (Å²) in [5, 5.41) is 16.4. The quantitative estimate of drug-likeness (QED) is 0.390. The summed E-state index contributed by atoms with van der Waals surface area (Å²) in [6.45, 7) is 3.19. The summed E-state index contributed by atoms with van der Waals surface area (Å²) in [6.07, 6.45) is 0.346. The lowest BCUT2D eigenvalue weighted by atomic mass is 9.98. The van der Waals surface area contributed by atoms with Crippen molar-refractivity contribution in [3.05, 3.63) is 59.7 Å². The largest absolute Gasteiger partial charge is 0.480 e. The highest BCUT2D eigenvalue weighted by Crippen LogP contribution is 2.44. The molecule has 2 aromatic rings. The van der Waals surface area contributed by atoms with Crippen molar-refractivity contribution in [2.24, 2.45) is 5.92 Å². The van der Waals surface area contributed by atoms with E-state index < -0.39 is 36.5 Å². The normalized spacial score (nSPS) is 13.7. The molecule has 2 aromatic carbocycles. The third kappa shape index (κ3) is 6.81. The van der Waals surface area contributed by atoms with Gasteiger partial charge in [-0.2, -0.15) is 0 Å². The van der Waals surface area contributed by atoms with Crippen LogP contribution < -0.4 is 16.0 Å². The number of aliphatic carboxylic acids is 1. The van der Waals surface area contributed by atoms with Crippen LogP contribution in [0.5, 0.6) is 0 Å². The second kappa shape index (κ2) is 12.0. The smallest absolute Gasteiger partial charge is 0.407 e. The van der Waals surface area contributed by atoms with Crippen LogP contribution in [0, 0.1) is 5.92 Å². The number of amides is 3. The van der Waals surface area contributed by atoms with Crippen LogP contribution in [-0.4, -0.2) is 54.7 Å². The second-order valence-electron chi connectivity index (χ2n) is 8.66. The van der Waals surface area contributed by atoms with Crippen LogP contribution in [0.2, 0.25) is 0 Å². The van der Waals surface area contributed by atoms with Gasteiger partial charge < -0.3 is 25.8 Å². The predicted molar refractivity (Wildman–Crippen MR) is 130 cm³/mol. The molecular weight excluding hydrogens is 450 g/mol. The van der Waals surface area contributed by atoms with Gasteiger partial charge in [0.15, 0.2) is 0 Å². The third-order valence-corrected chi connectivity index (χ3v) is 6.15. The third-order valence-electron chi connectivity index (χ3n) is 6.15. The molecule has 0 bridgehead atoms. The molecule has 0 saturated heterocycles. The van der Waals surface area contributed by atoms with Gasteiger partial charge in [-0.1, -0.05) is 68.8 Å². The van der Waals surface area contributed by atoms with Crippen LogP contribution >= 0.6 is 0 Å². The average molecular weight is 482 g/mol. The summed E-state index contributed by atoms with van der Waals surface area (Å²) in [4.78, 5) is 47.5. The lowest BCUT2D eigenvalue weighted by molar-refractivity contribution is -0.142. The minimum Gasteiger partial charge on any atom is -0.480 e. The van der Waals surface area contributed by atoms with Gasteiger partial charge in [0.2, 0.25) is 11.8 Å². The van der Waals surface area contributed by atoms with E-state index in [1.165, 1.54) is 0 Å². The Morgan fingerprint density at radius 3 is 2.06 bits per heavy atom. The molecule has 0 aromatic heterocycles. The molecule has 2 atom stereocenters. The fraction of sp³-hybridized carbons (Fsp3) is 0.385. The van der Waals surface area contributed by atoms with Crippen molar-refractivity contribution in [3.63, 3.8) is 0 Å². The Bertz CT molecular complexity index is 1040. The first-order valence-electron chi connectivity index (χ1n) is 11.7. The first-order chi connectivity index (χ1) is 16.8. The van der Waals surface area contributed by atoms with E-state index in [9.17, 15) is 24.3 Å². The van der Waals surface area contributed by atoms with Gasteiger partial charge in [0, 0.05) is 5.92 Å². The Hall–Kier alpha value is -3.88. The molecule has 0 fully saturated rings. The summed E-state index contributed by atoms with van der Waals surface area (Å²) >= 11 is 0. The number of carbonyl (C=O) groups is 4. The minimum atomic E-state index is -1.12. The topological polar surface area (TPSA) is 134 Å². The van der Waals surface area contributed by atoms with E-state index in [1.807, 2.05) is 62.4 Å². The van der Waals surface area contributed by atoms with Gasteiger partial charge in [-0.15, -0.1) is 0 Å². The lowest BCUT2D eigenvalue weighted by Gasteiger charge is -2.18. The van der Waals surface area contributed by atoms with Gasteiger partial charge in [-0.3, -0.25) is 9.59 Å². The number of carbonyl (C=O) groups excluding carboxylic acids is 3. The SMILES string of the molecule is CCC(C)CC(NC(=O)CNC(=O)CNC(=O)OCC1c2ccccc2-c2ccccc21)C(=O)O. The molecule has 3 amide bonds. The molecule has 2 unspecified atom stereocenters. The van der Waals surface area contributed by atoms with Crippen LogP contribution in [0.3, 0.4) is 0 Å². The molecule has 9 heteroatoms. The van der Waals surface area contributed by atoms with E-state index in [2.05, 4.69) is 16.0 Å². The molecule has 0 radical (unpaired) electrons. The average Bonchev–Trinajstić information content (AvgIpc) is 3.18. The van der Waals surface area contributed by atoms with Crippen LogP contribution in [0.4, 0.5) is 4.79 Å². The van der Waals surface area contributed by atoms with Crippen LogP contribution in [0.15, 0.2) is 48.5 Å². The minimum absolute atomic E-state index is 0.0942. The van der Waals surface area contributed by atoms with Crippen molar-refractivity contribution in [2.75, 3.05) is 19.7 Å². The van der Waals surface area contributed by atoms with Gasteiger partial charge >= 0.3 is 12.1 Å². The van der Waals surface area contributed by atoms with Crippen molar-refractivity contribution in [1.82, 2.24) is 16.0 Å². The van der Waals surface area contributed by atoms with Gasteiger partial charge in [0.05, 0.1) is 6.54 Å². The molecular formula is C26H31N3O6. The van der Waals surface area contributed by atoms with Crippen LogP contribution in [0.1, 0.15) is 43.7 Å². The maximum absolute atomic E-state index is 12.2. The number of hydrogen-bond acceptors (Lipinski definition) is 5. The standard InChI is InChI=1S/C26H31N3O6/c1-3-16(2)12-22(25(32)33)29-24(31)14-27-23(30)13-28-26(34)35-15-21-19-10-6-4-8-17(19)18-9-5-7-11-20(18)21/h4-11,16,21-22H,3,12-15H2,1-2H3,(H,27,30)(H,28,34)(H,29,31)(H,32,33). The molecule has 0 spiro atoms. The lowest BCUT2D eigenvalue weighted by Crippen LogP contribution is -2.47. The highest BCUT2D eigenvalue weighted by atomic mass is 16.5. The number of ether oxygens (including phenoxy) is 1. The Balaban J connectivity index is 1.41. The summed E-state index contributed by atoms with van der Waals surface area (Å²) < 4.78 is 5.37. The Morgan fingerprint density at radius 1 is 0.914 bits per heavy atom. The van der Waals surface area contributed by atoms with Crippen molar-refractivity contribution < 1.29 is 29.0 Å². The van der Waals surface area contributed by atoms with Gasteiger partial charge in [-0.25, -0.2) is 9.59 Å². The van der Waals surface area contributed by atoms with E-state index >= 15 is 0 Å². The first-order valence-corrected chi connectivity index (χ1v) is 11.7. The number of benzene rings is 2. The van der Waals surface area contributed by atoms with Gasteiger partial charge in [-0.05, 0) is 34.6 Å². The molecule has 0 aliphatic heterocycles. The molecule has 0 heterocycles. The Kier molecular flexibility index (Phi) is 8.83. The number of rotatable bonds is 11.